The number of rotatable bonds is 4. The zero-order valence-corrected chi connectivity index (χ0v) is 10.8. The van der Waals surface area contributed by atoms with Crippen molar-refractivity contribution in [3.63, 3.8) is 0 Å². The Kier molecular flexibility index (Phi) is 4.04. The Morgan fingerprint density at radius 2 is 2.00 bits per heavy atom. The van der Waals surface area contributed by atoms with Gasteiger partial charge in [-0.25, -0.2) is 0 Å². The van der Waals surface area contributed by atoms with Gasteiger partial charge in [-0.3, -0.25) is 4.90 Å². The van der Waals surface area contributed by atoms with Crippen molar-refractivity contribution in [3.05, 3.63) is 5.01 Å². The number of nitrogens with two attached hydrogens (primary N) is 1. The van der Waals surface area contributed by atoms with E-state index in [0.29, 0.717) is 5.13 Å². The maximum atomic E-state index is 5.53. The molecule has 0 aliphatic carbocycles. The molecular formula is C10H20N4S. The fraction of sp³-hybridized carbons (Fsp3) is 0.800. The lowest BCUT2D eigenvalue weighted by atomic mass is 10.1. The van der Waals surface area contributed by atoms with Gasteiger partial charge < -0.3 is 5.73 Å². The van der Waals surface area contributed by atoms with Crippen molar-refractivity contribution >= 4 is 16.5 Å². The van der Waals surface area contributed by atoms with Crippen molar-refractivity contribution in [2.24, 2.45) is 0 Å². The van der Waals surface area contributed by atoms with Gasteiger partial charge in [0.25, 0.3) is 0 Å². The molecule has 15 heavy (non-hydrogen) atoms. The molecule has 0 unspecified atom stereocenters. The molecule has 4 nitrogen and oxygen atoms in total. The minimum Gasteiger partial charge on any atom is -0.374 e. The monoisotopic (exact) mass is 228 g/mol. The molecule has 2 N–H and O–H groups in total. The lowest BCUT2D eigenvalue weighted by Crippen LogP contribution is -2.42. The fourth-order valence-corrected chi connectivity index (χ4v) is 2.16. The first-order chi connectivity index (χ1) is 6.93. The highest BCUT2D eigenvalue weighted by Crippen LogP contribution is 2.16. The summed E-state index contributed by atoms with van der Waals surface area (Å²) in [6.07, 6.45) is 0.931. The second kappa shape index (κ2) is 4.90. The van der Waals surface area contributed by atoms with E-state index in [1.54, 1.807) is 0 Å². The molecule has 0 amide bonds. The fourth-order valence-electron chi connectivity index (χ4n) is 1.57. The summed E-state index contributed by atoms with van der Waals surface area (Å²) in [5, 5.41) is 9.41. The summed E-state index contributed by atoms with van der Waals surface area (Å²) >= 11 is 1.48. The Morgan fingerprint density at radius 3 is 2.40 bits per heavy atom. The molecule has 0 aliphatic rings. The number of anilines is 1. The molecule has 1 heterocycles. The standard InChI is InChI=1S/C10H20N4S/c1-5-14(10(2,3)4)7-6-8-12-13-9(11)15-8/h5-7H2,1-4H3,(H2,11,13). The summed E-state index contributed by atoms with van der Waals surface area (Å²) in [5.41, 5.74) is 5.75. The molecule has 1 aromatic heterocycles. The Bertz CT molecular complexity index is 303. The highest BCUT2D eigenvalue weighted by molar-refractivity contribution is 7.15. The SMILES string of the molecule is CCN(CCc1nnc(N)s1)C(C)(C)C. The van der Waals surface area contributed by atoms with Gasteiger partial charge in [-0.2, -0.15) is 0 Å². The third-order valence-electron chi connectivity index (χ3n) is 2.41. The van der Waals surface area contributed by atoms with Crippen molar-refractivity contribution in [1.29, 1.82) is 0 Å². The Labute approximate surface area is 95.5 Å². The molecule has 86 valence electrons. The highest BCUT2D eigenvalue weighted by atomic mass is 32.1. The molecule has 0 bridgehead atoms. The van der Waals surface area contributed by atoms with Gasteiger partial charge >= 0.3 is 0 Å². The second-order valence-electron chi connectivity index (χ2n) is 4.53. The smallest absolute Gasteiger partial charge is 0.203 e. The molecule has 0 aromatic carbocycles. The molecule has 0 atom stereocenters. The zero-order valence-electron chi connectivity index (χ0n) is 9.95. The van der Waals surface area contributed by atoms with Gasteiger partial charge in [-0.1, -0.05) is 18.3 Å². The van der Waals surface area contributed by atoms with Crippen LogP contribution < -0.4 is 5.73 Å². The quantitative estimate of drug-likeness (QED) is 0.853. The predicted octanol–water partition coefficient (Wildman–Crippen LogP) is 1.78. The average Bonchev–Trinajstić information content (AvgIpc) is 2.50. The largest absolute Gasteiger partial charge is 0.374 e. The number of nitrogens with zero attached hydrogens (tertiary/aromatic N) is 3. The van der Waals surface area contributed by atoms with Crippen LogP contribution >= 0.6 is 11.3 Å². The average molecular weight is 228 g/mol. The van der Waals surface area contributed by atoms with E-state index in [1.165, 1.54) is 11.3 Å². The molecule has 0 saturated heterocycles. The van der Waals surface area contributed by atoms with Crippen LogP contribution in [-0.2, 0) is 6.42 Å². The Morgan fingerprint density at radius 1 is 1.33 bits per heavy atom. The molecule has 0 saturated carbocycles. The molecule has 0 fully saturated rings. The van der Waals surface area contributed by atoms with E-state index in [9.17, 15) is 0 Å². The van der Waals surface area contributed by atoms with Crippen molar-refractivity contribution < 1.29 is 0 Å². The van der Waals surface area contributed by atoms with E-state index in [-0.39, 0.29) is 5.54 Å². The van der Waals surface area contributed by atoms with Crippen LogP contribution in [0.25, 0.3) is 0 Å². The van der Waals surface area contributed by atoms with E-state index in [4.69, 9.17) is 5.73 Å². The van der Waals surface area contributed by atoms with Crippen LogP contribution in [0, 0.1) is 0 Å². The van der Waals surface area contributed by atoms with Gasteiger partial charge in [0.05, 0.1) is 0 Å². The van der Waals surface area contributed by atoms with Gasteiger partial charge in [-0.05, 0) is 27.3 Å². The summed E-state index contributed by atoms with van der Waals surface area (Å²) in [4.78, 5) is 2.42. The predicted molar refractivity (Wildman–Crippen MR) is 65.0 cm³/mol. The third kappa shape index (κ3) is 3.76. The normalized spacial score (nSPS) is 12.3. The highest BCUT2D eigenvalue weighted by Gasteiger charge is 2.19. The van der Waals surface area contributed by atoms with Crippen LogP contribution in [0.4, 0.5) is 5.13 Å². The number of hydrogen-bond donors (Lipinski definition) is 1. The number of likely N-dealkylation sites (N-methyl/N-ethyl adjacent to an activating group) is 1. The summed E-state index contributed by atoms with van der Waals surface area (Å²) in [5.74, 6) is 0. The van der Waals surface area contributed by atoms with Crippen molar-refractivity contribution in [2.45, 2.75) is 39.7 Å². The second-order valence-corrected chi connectivity index (χ2v) is 5.63. The van der Waals surface area contributed by atoms with Crippen LogP contribution in [0.1, 0.15) is 32.7 Å². The summed E-state index contributed by atoms with van der Waals surface area (Å²) in [6, 6.07) is 0. The minimum absolute atomic E-state index is 0.213. The first kappa shape index (κ1) is 12.4. The van der Waals surface area contributed by atoms with Crippen LogP contribution in [-0.4, -0.2) is 33.7 Å². The van der Waals surface area contributed by atoms with Crippen LogP contribution in [0.5, 0.6) is 0 Å². The van der Waals surface area contributed by atoms with Crippen LogP contribution in [0.2, 0.25) is 0 Å². The Balaban J connectivity index is 2.48. The van der Waals surface area contributed by atoms with Gasteiger partial charge in [0, 0.05) is 18.5 Å². The molecule has 5 heteroatoms. The van der Waals surface area contributed by atoms with E-state index in [1.807, 2.05) is 0 Å². The lowest BCUT2D eigenvalue weighted by Gasteiger charge is -2.34. The van der Waals surface area contributed by atoms with Crippen molar-refractivity contribution in [2.75, 3.05) is 18.8 Å². The van der Waals surface area contributed by atoms with Crippen LogP contribution in [0.15, 0.2) is 0 Å². The van der Waals surface area contributed by atoms with Gasteiger partial charge in [0.1, 0.15) is 5.01 Å². The first-order valence-corrected chi connectivity index (χ1v) is 6.08. The van der Waals surface area contributed by atoms with E-state index < -0.39 is 0 Å². The van der Waals surface area contributed by atoms with Crippen LogP contribution in [0.3, 0.4) is 0 Å². The molecule has 1 aromatic rings. The molecule has 0 radical (unpaired) electrons. The number of aromatic nitrogens is 2. The van der Waals surface area contributed by atoms with E-state index in [0.717, 1.165) is 24.5 Å². The lowest BCUT2D eigenvalue weighted by molar-refractivity contribution is 0.146. The maximum Gasteiger partial charge on any atom is 0.203 e. The van der Waals surface area contributed by atoms with Crippen molar-refractivity contribution in [1.82, 2.24) is 15.1 Å². The first-order valence-electron chi connectivity index (χ1n) is 5.26. The van der Waals surface area contributed by atoms with E-state index in [2.05, 4.69) is 42.8 Å². The summed E-state index contributed by atoms with van der Waals surface area (Å²) in [6.45, 7) is 10.9. The zero-order chi connectivity index (χ0) is 11.5. The van der Waals surface area contributed by atoms with E-state index >= 15 is 0 Å². The number of nitrogen functional groups attached to an aromatic ring is 1. The molecule has 0 spiro atoms. The van der Waals surface area contributed by atoms with Gasteiger partial charge in [0.15, 0.2) is 0 Å². The minimum atomic E-state index is 0.213. The molecule has 1 rings (SSSR count). The summed E-state index contributed by atoms with van der Waals surface area (Å²) < 4.78 is 0. The van der Waals surface area contributed by atoms with Gasteiger partial charge in [-0.15, -0.1) is 10.2 Å². The Hall–Kier alpha value is -0.680. The number of hydrogen-bond acceptors (Lipinski definition) is 5. The molecular weight excluding hydrogens is 208 g/mol. The maximum absolute atomic E-state index is 5.53. The van der Waals surface area contributed by atoms with Crippen molar-refractivity contribution in [3.8, 4) is 0 Å². The van der Waals surface area contributed by atoms with Gasteiger partial charge in [0.2, 0.25) is 5.13 Å². The third-order valence-corrected chi connectivity index (χ3v) is 3.22. The molecule has 0 aliphatic heterocycles. The topological polar surface area (TPSA) is 55.0 Å². The summed E-state index contributed by atoms with van der Waals surface area (Å²) in [7, 11) is 0.